The van der Waals surface area contributed by atoms with Crippen molar-refractivity contribution in [2.24, 2.45) is 0 Å². The first kappa shape index (κ1) is 35.9. The summed E-state index contributed by atoms with van der Waals surface area (Å²) in [4.78, 5) is 10.7. The van der Waals surface area contributed by atoms with Gasteiger partial charge in [0, 0.05) is 68.2 Å². The topological polar surface area (TPSA) is 25.5 Å². The number of anilines is 8. The van der Waals surface area contributed by atoms with Crippen LogP contribution in [0.25, 0.3) is 32.9 Å². The molecule has 4 nitrogen and oxygen atoms in total. The largest absolute Gasteiger partial charge is 0.354 e. The Labute approximate surface area is 346 Å². The van der Waals surface area contributed by atoms with Crippen LogP contribution in [0.1, 0.15) is 31.2 Å². The number of fused-ring (bicyclic) bond motifs is 4. The molecule has 284 valence electrons. The molecule has 1 aromatic heterocycles. The van der Waals surface area contributed by atoms with Gasteiger partial charge in [-0.1, -0.05) is 122 Å². The van der Waals surface area contributed by atoms with E-state index in [2.05, 4.69) is 227 Å². The van der Waals surface area contributed by atoms with Crippen LogP contribution >= 0.6 is 0 Å². The first-order chi connectivity index (χ1) is 29.2. The molecule has 0 radical (unpaired) electrons. The molecule has 0 amide bonds. The molecule has 4 heteroatoms. The zero-order valence-corrected chi connectivity index (χ0v) is 33.1. The lowest BCUT2D eigenvalue weighted by Gasteiger charge is -2.31. The van der Waals surface area contributed by atoms with E-state index in [1.165, 1.54) is 22.0 Å². The third-order valence-electron chi connectivity index (χ3n) is 11.6. The Morgan fingerprint density at radius 3 is 1.76 bits per heavy atom. The summed E-state index contributed by atoms with van der Waals surface area (Å²) in [5.74, 6) is 0.413. The molecule has 0 aliphatic carbocycles. The highest BCUT2D eigenvalue weighted by molar-refractivity contribution is 6.08. The first-order valence-corrected chi connectivity index (χ1v) is 20.5. The van der Waals surface area contributed by atoms with Crippen molar-refractivity contribution < 1.29 is 0 Å². The van der Waals surface area contributed by atoms with Crippen LogP contribution in [0.15, 0.2) is 200 Å². The van der Waals surface area contributed by atoms with Gasteiger partial charge in [-0.3, -0.25) is 0 Å². The molecule has 2 heterocycles. The lowest BCUT2D eigenvalue weighted by molar-refractivity contribution is 0.692. The number of nitrogens with one attached hydrogen (secondary N) is 1. The number of allylic oxidation sites excluding steroid dienone is 1. The van der Waals surface area contributed by atoms with E-state index in [-0.39, 0.29) is 0 Å². The molecule has 0 saturated heterocycles. The highest BCUT2D eigenvalue weighted by Gasteiger charge is 2.22. The van der Waals surface area contributed by atoms with Crippen molar-refractivity contribution in [1.82, 2.24) is 4.98 Å². The minimum absolute atomic E-state index is 0.413. The second-order valence-corrected chi connectivity index (χ2v) is 15.3. The molecule has 10 rings (SSSR count). The molecule has 1 aliphatic rings. The number of H-pyrrole nitrogens is 1. The lowest BCUT2D eigenvalue weighted by atomic mass is 9.93. The van der Waals surface area contributed by atoms with Gasteiger partial charge in [0.15, 0.2) is 0 Å². The van der Waals surface area contributed by atoms with E-state index in [9.17, 15) is 0 Å². The maximum atomic E-state index is 3.63. The Morgan fingerprint density at radius 2 is 1.10 bits per heavy atom. The third-order valence-corrected chi connectivity index (χ3v) is 11.6. The van der Waals surface area contributed by atoms with Crippen molar-refractivity contribution in [2.75, 3.05) is 21.2 Å². The van der Waals surface area contributed by atoms with E-state index < -0.39 is 0 Å². The predicted molar refractivity (Wildman–Crippen MR) is 249 cm³/mol. The number of para-hydroxylation sites is 3. The summed E-state index contributed by atoms with van der Waals surface area (Å²) in [7, 11) is 0. The standard InChI is InChI=1S/C55H44N4/c1-40-16-6-5-15-37-57(43-17-7-2-8-18-43)55-39-49(33-35-50(40)55)59(45-21-11-4-12-22-45)47-31-27-42(28-32-47)41-25-29-46(30-26-41)58(44-19-9-3-10-20-44)48-34-36-52-51-23-13-14-24-53(51)56-54(52)38-48/h2-5,7,9-15,17,19-36,38-40,56H,6,16,37H2,1H3/b15-5-/t40-/m1/s1. The number of nitrogens with zero attached hydrogens (tertiary/aromatic N) is 3. The van der Waals surface area contributed by atoms with Gasteiger partial charge in [-0.2, -0.15) is 0 Å². The molecule has 0 spiro atoms. The van der Waals surface area contributed by atoms with Crippen molar-refractivity contribution in [3.05, 3.63) is 218 Å². The van der Waals surface area contributed by atoms with E-state index in [0.29, 0.717) is 5.92 Å². The third kappa shape index (κ3) is 7.09. The van der Waals surface area contributed by atoms with Crippen molar-refractivity contribution in [3.8, 4) is 11.1 Å². The normalized spacial score (nSPS) is 14.5. The van der Waals surface area contributed by atoms with Gasteiger partial charge >= 0.3 is 0 Å². The fourth-order valence-corrected chi connectivity index (χ4v) is 8.59. The summed E-state index contributed by atoms with van der Waals surface area (Å²) in [6.45, 7) is 3.12. The summed E-state index contributed by atoms with van der Waals surface area (Å²) < 4.78 is 0. The molecule has 59 heavy (non-hydrogen) atoms. The zero-order valence-electron chi connectivity index (χ0n) is 33.1. The van der Waals surface area contributed by atoms with Gasteiger partial charge < -0.3 is 19.7 Å². The van der Waals surface area contributed by atoms with Gasteiger partial charge in [0.2, 0.25) is 0 Å². The van der Waals surface area contributed by atoms with Gasteiger partial charge in [-0.05, 0) is 133 Å². The number of benzene rings is 7. The van der Waals surface area contributed by atoms with Crippen LogP contribution in [-0.4, -0.2) is 11.5 Å². The average molecular weight is 761 g/mol. The minimum atomic E-state index is 0.413. The number of hydrogen-bond acceptors (Lipinski definition) is 3. The number of aromatic nitrogens is 1. The number of aromatic amines is 1. The van der Waals surface area contributed by atoms with Crippen LogP contribution in [0.4, 0.5) is 45.5 Å². The smallest absolute Gasteiger partial charge is 0.0930 e. The van der Waals surface area contributed by atoms with Gasteiger partial charge in [-0.15, -0.1) is 0 Å². The molecule has 1 aliphatic heterocycles. The zero-order chi connectivity index (χ0) is 39.5. The molecule has 8 aromatic carbocycles. The Balaban J connectivity index is 0.992. The molecule has 1 N–H and O–H groups in total. The second kappa shape index (κ2) is 15.8. The Morgan fingerprint density at radius 1 is 0.525 bits per heavy atom. The summed E-state index contributed by atoms with van der Waals surface area (Å²) in [5.41, 5.74) is 14.8. The van der Waals surface area contributed by atoms with Crippen LogP contribution in [-0.2, 0) is 0 Å². The van der Waals surface area contributed by atoms with Gasteiger partial charge in [0.1, 0.15) is 0 Å². The van der Waals surface area contributed by atoms with E-state index in [4.69, 9.17) is 0 Å². The minimum Gasteiger partial charge on any atom is -0.354 e. The van der Waals surface area contributed by atoms with Crippen molar-refractivity contribution in [2.45, 2.75) is 25.7 Å². The van der Waals surface area contributed by atoms with Gasteiger partial charge in [0.05, 0.1) is 5.69 Å². The molecule has 1 atom stereocenters. The van der Waals surface area contributed by atoms with E-state index in [0.717, 1.165) is 81.4 Å². The fourth-order valence-electron chi connectivity index (χ4n) is 8.59. The Hall–Kier alpha value is -7.48. The van der Waals surface area contributed by atoms with E-state index in [1.807, 2.05) is 12.1 Å². The van der Waals surface area contributed by atoms with E-state index >= 15 is 0 Å². The Bertz CT molecular complexity index is 2860. The molecule has 0 unspecified atom stereocenters. The van der Waals surface area contributed by atoms with E-state index in [1.54, 1.807) is 0 Å². The second-order valence-electron chi connectivity index (χ2n) is 15.3. The monoisotopic (exact) mass is 760 g/mol. The highest BCUT2D eigenvalue weighted by Crippen LogP contribution is 2.43. The SMILES string of the molecule is C[C@@H]1CC/C=C\CN(c2c#cccc2)c2cc(N(c3ccccc3)c3ccc(-c4ccc(N(c5ccccc5)c5ccc6c(c5)[nH]c5ccccc56)cc4)cc3)ccc21. The van der Waals surface area contributed by atoms with Crippen molar-refractivity contribution in [3.63, 3.8) is 0 Å². The molecule has 9 aromatic rings. The van der Waals surface area contributed by atoms with Crippen LogP contribution in [0.2, 0.25) is 0 Å². The first-order valence-electron chi connectivity index (χ1n) is 20.5. The summed E-state index contributed by atoms with van der Waals surface area (Å²) in [5, 5.41) is 2.47. The number of rotatable bonds is 8. The maximum Gasteiger partial charge on any atom is 0.0930 e. The quantitative estimate of drug-likeness (QED) is 0.156. The molecule has 0 bridgehead atoms. The number of hydrogen-bond donors (Lipinski definition) is 1. The Kier molecular flexibility index (Phi) is 9.62. The molecule has 0 fully saturated rings. The highest BCUT2D eigenvalue weighted by atomic mass is 15.2. The maximum absolute atomic E-state index is 3.63. The average Bonchev–Trinajstić information content (AvgIpc) is 3.70. The predicted octanol–water partition coefficient (Wildman–Crippen LogP) is 15.1. The summed E-state index contributed by atoms with van der Waals surface area (Å²) in [6.07, 6.45) is 6.79. The fraction of sp³-hybridized carbons (Fsp3) is 0.0909. The van der Waals surface area contributed by atoms with Crippen molar-refractivity contribution in [1.29, 1.82) is 0 Å². The van der Waals surface area contributed by atoms with Crippen LogP contribution in [0.3, 0.4) is 0 Å². The van der Waals surface area contributed by atoms with Crippen LogP contribution < -0.4 is 14.7 Å². The summed E-state index contributed by atoms with van der Waals surface area (Å²) >= 11 is 0. The van der Waals surface area contributed by atoms with Crippen molar-refractivity contribution >= 4 is 67.3 Å². The van der Waals surface area contributed by atoms with Crippen LogP contribution in [0.5, 0.6) is 0 Å². The molecular formula is C55H44N4. The van der Waals surface area contributed by atoms with Gasteiger partial charge in [-0.25, -0.2) is 0 Å². The summed E-state index contributed by atoms with van der Waals surface area (Å²) in [6, 6.07) is 74.0. The molecule has 0 saturated carbocycles. The molecular weight excluding hydrogens is 717 g/mol. The lowest BCUT2D eigenvalue weighted by Crippen LogP contribution is -2.19. The van der Waals surface area contributed by atoms with Crippen LogP contribution in [0, 0.1) is 12.1 Å². The van der Waals surface area contributed by atoms with Gasteiger partial charge in [0.25, 0.3) is 0 Å².